The summed E-state index contributed by atoms with van der Waals surface area (Å²) in [6.45, 7) is 4.99. The number of piperidine rings is 1. The van der Waals surface area contributed by atoms with Crippen molar-refractivity contribution < 1.29 is 9.59 Å². The van der Waals surface area contributed by atoms with E-state index in [1.807, 2.05) is 6.07 Å². The lowest BCUT2D eigenvalue weighted by molar-refractivity contribution is 0.0814. The fraction of sp³-hybridized carbons (Fsp3) is 0.407. The van der Waals surface area contributed by atoms with Gasteiger partial charge in [0.25, 0.3) is 5.91 Å². The van der Waals surface area contributed by atoms with Crippen molar-refractivity contribution in [1.29, 1.82) is 0 Å². The van der Waals surface area contributed by atoms with Crippen molar-refractivity contribution in [2.75, 3.05) is 19.6 Å². The number of H-pyrrole nitrogens is 1. The number of rotatable bonds is 6. The lowest BCUT2D eigenvalue weighted by atomic mass is 9.71. The van der Waals surface area contributed by atoms with E-state index in [-0.39, 0.29) is 5.91 Å². The Morgan fingerprint density at radius 1 is 1.12 bits per heavy atom. The van der Waals surface area contributed by atoms with Gasteiger partial charge in [0.15, 0.2) is 0 Å². The summed E-state index contributed by atoms with van der Waals surface area (Å²) in [6.07, 6.45) is 6.49. The topological polar surface area (TPSA) is 77.2 Å². The lowest BCUT2D eigenvalue weighted by Gasteiger charge is -2.47. The maximum Gasteiger partial charge on any atom is 0.321 e. The van der Waals surface area contributed by atoms with E-state index < -0.39 is 6.03 Å². The van der Waals surface area contributed by atoms with E-state index in [2.05, 4.69) is 51.8 Å². The molecular formula is C27H32N4O2. The molecule has 3 amide bonds. The van der Waals surface area contributed by atoms with Gasteiger partial charge in [0.1, 0.15) is 0 Å². The van der Waals surface area contributed by atoms with Crippen molar-refractivity contribution in [2.24, 2.45) is 5.92 Å². The van der Waals surface area contributed by atoms with Crippen molar-refractivity contribution in [3.8, 4) is 0 Å². The van der Waals surface area contributed by atoms with Crippen LogP contribution in [-0.2, 0) is 6.42 Å². The summed E-state index contributed by atoms with van der Waals surface area (Å²) in [4.78, 5) is 30.6. The monoisotopic (exact) mass is 444 g/mol. The van der Waals surface area contributed by atoms with Crippen LogP contribution in [0.25, 0.3) is 10.9 Å². The molecular weight excluding hydrogens is 412 g/mol. The van der Waals surface area contributed by atoms with E-state index in [0.717, 1.165) is 38.8 Å². The third kappa shape index (κ3) is 4.40. The summed E-state index contributed by atoms with van der Waals surface area (Å²) in [5.41, 5.74) is 4.65. The van der Waals surface area contributed by atoms with Gasteiger partial charge in [0, 0.05) is 47.7 Å². The van der Waals surface area contributed by atoms with E-state index in [4.69, 9.17) is 0 Å². The molecule has 0 saturated carbocycles. The molecule has 1 aliphatic carbocycles. The SMILES string of the molecule is CCCN1CC(CCNC(=O)NC(=O)c2ccccc2)C[C@@H]2c3cccc4[nH]cc(c34)C[C@H]21. The maximum absolute atomic E-state index is 12.2. The average Bonchev–Trinajstić information content (AvgIpc) is 3.25. The van der Waals surface area contributed by atoms with Gasteiger partial charge in [-0.1, -0.05) is 37.3 Å². The predicted molar refractivity (Wildman–Crippen MR) is 130 cm³/mol. The van der Waals surface area contributed by atoms with Crippen LogP contribution in [0.4, 0.5) is 4.79 Å². The minimum atomic E-state index is -0.428. The zero-order valence-corrected chi connectivity index (χ0v) is 19.1. The smallest absolute Gasteiger partial charge is 0.321 e. The van der Waals surface area contributed by atoms with E-state index in [9.17, 15) is 9.59 Å². The van der Waals surface area contributed by atoms with Gasteiger partial charge in [0.2, 0.25) is 0 Å². The van der Waals surface area contributed by atoms with Crippen LogP contribution in [0.2, 0.25) is 0 Å². The molecule has 2 heterocycles. The molecule has 1 saturated heterocycles. The van der Waals surface area contributed by atoms with Gasteiger partial charge in [-0.25, -0.2) is 4.79 Å². The highest BCUT2D eigenvalue weighted by atomic mass is 16.2. The molecule has 5 rings (SSSR count). The zero-order valence-electron chi connectivity index (χ0n) is 19.1. The second-order valence-electron chi connectivity index (χ2n) is 9.42. The molecule has 3 N–H and O–H groups in total. The number of aromatic nitrogens is 1. The Labute approximate surface area is 194 Å². The van der Waals surface area contributed by atoms with Crippen LogP contribution >= 0.6 is 0 Å². The fourth-order valence-corrected chi connectivity index (χ4v) is 5.85. The molecule has 3 atom stereocenters. The first kappa shape index (κ1) is 21.7. The van der Waals surface area contributed by atoms with Crippen LogP contribution in [0, 0.1) is 5.92 Å². The summed E-state index contributed by atoms with van der Waals surface area (Å²) in [5.74, 6) is 0.662. The van der Waals surface area contributed by atoms with Crippen LogP contribution in [0.1, 0.15) is 53.6 Å². The molecule has 0 radical (unpaired) electrons. The molecule has 1 fully saturated rings. The number of benzene rings is 2. The lowest BCUT2D eigenvalue weighted by Crippen LogP contribution is -2.50. The minimum Gasteiger partial charge on any atom is -0.361 e. The molecule has 1 unspecified atom stereocenters. The Morgan fingerprint density at radius 3 is 2.79 bits per heavy atom. The van der Waals surface area contributed by atoms with Crippen molar-refractivity contribution in [3.05, 3.63) is 71.4 Å². The third-order valence-electron chi connectivity index (χ3n) is 7.27. The van der Waals surface area contributed by atoms with Gasteiger partial charge in [-0.05, 0) is 67.5 Å². The van der Waals surface area contributed by atoms with Gasteiger partial charge in [-0.15, -0.1) is 0 Å². The maximum atomic E-state index is 12.2. The minimum absolute atomic E-state index is 0.375. The van der Waals surface area contributed by atoms with E-state index in [1.54, 1.807) is 24.3 Å². The molecule has 33 heavy (non-hydrogen) atoms. The van der Waals surface area contributed by atoms with Crippen molar-refractivity contribution >= 4 is 22.8 Å². The Hall–Kier alpha value is -3.12. The van der Waals surface area contributed by atoms with E-state index >= 15 is 0 Å². The second kappa shape index (κ2) is 9.40. The number of likely N-dealkylation sites (tertiary alicyclic amines) is 1. The number of urea groups is 1. The number of nitrogens with zero attached hydrogens (tertiary/aromatic N) is 1. The van der Waals surface area contributed by atoms with Gasteiger partial charge >= 0.3 is 6.03 Å². The summed E-state index contributed by atoms with van der Waals surface area (Å²) in [6, 6.07) is 15.6. The summed E-state index contributed by atoms with van der Waals surface area (Å²) >= 11 is 0. The summed E-state index contributed by atoms with van der Waals surface area (Å²) in [5, 5.41) is 6.74. The normalized spacial score (nSPS) is 22.0. The summed E-state index contributed by atoms with van der Waals surface area (Å²) in [7, 11) is 0. The van der Waals surface area contributed by atoms with Crippen molar-refractivity contribution in [1.82, 2.24) is 20.5 Å². The molecule has 0 bridgehead atoms. The first-order valence-corrected chi connectivity index (χ1v) is 12.1. The van der Waals surface area contributed by atoms with Crippen LogP contribution in [-0.4, -0.2) is 47.5 Å². The molecule has 0 spiro atoms. The molecule has 6 heteroatoms. The number of imide groups is 1. The molecule has 3 aromatic rings. The quantitative estimate of drug-likeness (QED) is 0.526. The zero-order chi connectivity index (χ0) is 22.8. The van der Waals surface area contributed by atoms with Gasteiger partial charge < -0.3 is 10.3 Å². The number of carbonyl (C=O) groups is 2. The van der Waals surface area contributed by atoms with Crippen LogP contribution in [0.5, 0.6) is 0 Å². The number of amides is 3. The number of fused-ring (bicyclic) bond motifs is 2. The standard InChI is InChI=1S/C27H32N4O2/c1-2-13-31-17-18(11-12-28-27(33)30-26(32)19-7-4-3-5-8-19)14-22-21-9-6-10-23-25(21)20(16-29-23)15-24(22)31/h3-10,16,18,22,24,29H,2,11-15,17H2,1H3,(H2,28,30,32,33)/t18?,22-,24-/m1/s1. The summed E-state index contributed by atoms with van der Waals surface area (Å²) < 4.78 is 0. The van der Waals surface area contributed by atoms with Gasteiger partial charge in [-0.2, -0.15) is 0 Å². The Morgan fingerprint density at radius 2 is 1.97 bits per heavy atom. The molecule has 1 aliphatic heterocycles. The Kier molecular flexibility index (Phi) is 6.18. The molecule has 6 nitrogen and oxygen atoms in total. The highest BCUT2D eigenvalue weighted by Crippen LogP contribution is 2.45. The van der Waals surface area contributed by atoms with Crippen molar-refractivity contribution in [2.45, 2.75) is 44.6 Å². The first-order chi connectivity index (χ1) is 16.1. The third-order valence-corrected chi connectivity index (χ3v) is 7.27. The first-order valence-electron chi connectivity index (χ1n) is 12.1. The van der Waals surface area contributed by atoms with Crippen LogP contribution < -0.4 is 10.6 Å². The number of nitrogens with one attached hydrogen (secondary N) is 3. The second-order valence-corrected chi connectivity index (χ2v) is 9.42. The molecule has 172 valence electrons. The molecule has 2 aromatic carbocycles. The highest BCUT2D eigenvalue weighted by Gasteiger charge is 2.40. The molecule has 1 aromatic heterocycles. The van der Waals surface area contributed by atoms with Crippen LogP contribution in [0.3, 0.4) is 0 Å². The van der Waals surface area contributed by atoms with Crippen LogP contribution in [0.15, 0.2) is 54.7 Å². The van der Waals surface area contributed by atoms with Gasteiger partial charge in [-0.3, -0.25) is 15.0 Å². The Bertz CT molecular complexity index is 1140. The highest BCUT2D eigenvalue weighted by molar-refractivity contribution is 6.04. The molecule has 2 aliphatic rings. The number of hydrogen-bond donors (Lipinski definition) is 3. The predicted octanol–water partition coefficient (Wildman–Crippen LogP) is 4.44. The number of carbonyl (C=O) groups excluding carboxylic acids is 2. The number of hydrogen-bond acceptors (Lipinski definition) is 3. The Balaban J connectivity index is 1.22. The number of aromatic amines is 1. The largest absolute Gasteiger partial charge is 0.361 e. The van der Waals surface area contributed by atoms with Gasteiger partial charge in [0.05, 0.1) is 0 Å². The fourth-order valence-electron chi connectivity index (χ4n) is 5.85. The van der Waals surface area contributed by atoms with Crippen molar-refractivity contribution in [3.63, 3.8) is 0 Å². The van der Waals surface area contributed by atoms with E-state index in [0.29, 0.717) is 30.0 Å². The van der Waals surface area contributed by atoms with E-state index in [1.165, 1.54) is 22.0 Å². The average molecular weight is 445 g/mol.